The topological polar surface area (TPSA) is 97.4 Å². The average molecular weight is 773 g/mol. The third kappa shape index (κ3) is 7.11. The van der Waals surface area contributed by atoms with Gasteiger partial charge in [0.05, 0.1) is 6.61 Å². The number of fused-ring (bicyclic) bond motifs is 7. The fraction of sp³-hybridized carbons (Fsp3) is 0.729. The summed E-state index contributed by atoms with van der Waals surface area (Å²) in [6.45, 7) is 23.8. The number of hydrogen-bond donors (Lipinski definition) is 0. The van der Waals surface area contributed by atoms with Crippen LogP contribution in [0.25, 0.3) is 6.08 Å². The molecule has 1 aliphatic heterocycles. The summed E-state index contributed by atoms with van der Waals surface area (Å²) in [6, 6.07) is 4.84. The molecule has 56 heavy (non-hydrogen) atoms. The Hall–Kier alpha value is -2.97. The molecule has 308 valence electrons. The van der Waals surface area contributed by atoms with Crippen molar-refractivity contribution in [1.29, 1.82) is 0 Å². The van der Waals surface area contributed by atoms with Crippen LogP contribution in [-0.4, -0.2) is 43.5 Å². The smallest absolute Gasteiger partial charge is 0.331 e. The molecule has 6 aliphatic rings. The van der Waals surface area contributed by atoms with Gasteiger partial charge in [0.25, 0.3) is 0 Å². The Bertz CT molecular complexity index is 1720. The number of rotatable bonds is 9. The Morgan fingerprint density at radius 1 is 0.804 bits per heavy atom. The van der Waals surface area contributed by atoms with Crippen molar-refractivity contribution in [3.8, 4) is 11.5 Å². The fourth-order valence-corrected chi connectivity index (χ4v) is 14.3. The van der Waals surface area contributed by atoms with Crippen molar-refractivity contribution in [2.45, 2.75) is 151 Å². The second-order valence-corrected chi connectivity index (χ2v) is 20.2. The van der Waals surface area contributed by atoms with Crippen molar-refractivity contribution in [3.05, 3.63) is 42.0 Å². The summed E-state index contributed by atoms with van der Waals surface area (Å²) in [6.07, 6.45) is 18.0. The molecule has 0 N–H and O–H groups in total. The van der Waals surface area contributed by atoms with Crippen molar-refractivity contribution in [3.63, 3.8) is 0 Å². The van der Waals surface area contributed by atoms with Crippen molar-refractivity contribution in [2.75, 3.05) is 13.2 Å². The van der Waals surface area contributed by atoms with Gasteiger partial charge in [0.2, 0.25) is 0 Å². The van der Waals surface area contributed by atoms with E-state index in [1.807, 2.05) is 0 Å². The molecule has 1 aromatic carbocycles. The molecular weight excluding hydrogens is 705 g/mol. The van der Waals surface area contributed by atoms with Gasteiger partial charge in [-0.1, -0.05) is 52.8 Å². The lowest BCUT2D eigenvalue weighted by Gasteiger charge is -2.73. The summed E-state index contributed by atoms with van der Waals surface area (Å²) >= 11 is 0. The normalized spacial score (nSPS) is 40.0. The average Bonchev–Trinajstić information content (AvgIpc) is 3.53. The first-order valence-corrected chi connectivity index (χ1v) is 21.7. The fourth-order valence-electron chi connectivity index (χ4n) is 14.3. The van der Waals surface area contributed by atoms with E-state index in [2.05, 4.69) is 48.1 Å². The molecule has 8 nitrogen and oxygen atoms in total. The Morgan fingerprint density at radius 3 is 2.25 bits per heavy atom. The van der Waals surface area contributed by atoms with Gasteiger partial charge in [-0.15, -0.1) is 0 Å². The summed E-state index contributed by atoms with van der Waals surface area (Å²) in [5, 5.41) is 0. The van der Waals surface area contributed by atoms with Crippen LogP contribution in [0.1, 0.15) is 144 Å². The van der Waals surface area contributed by atoms with Crippen LogP contribution in [0.4, 0.5) is 0 Å². The van der Waals surface area contributed by atoms with Crippen LogP contribution in [0, 0.1) is 56.7 Å². The monoisotopic (exact) mass is 772 g/mol. The van der Waals surface area contributed by atoms with Crippen LogP contribution in [0.5, 0.6) is 11.5 Å². The number of ether oxygens (including phenoxy) is 5. The van der Waals surface area contributed by atoms with Crippen LogP contribution in [-0.2, 0) is 28.6 Å². The Balaban J connectivity index is 1.06. The molecule has 0 amide bonds. The lowest BCUT2D eigenvalue weighted by molar-refractivity contribution is -0.257. The molecule has 0 spiro atoms. The molecule has 0 bridgehead atoms. The molecule has 6 fully saturated rings. The van der Waals surface area contributed by atoms with Gasteiger partial charge in [-0.3, -0.25) is 9.59 Å². The van der Waals surface area contributed by atoms with E-state index in [1.165, 1.54) is 76.9 Å². The van der Waals surface area contributed by atoms with Gasteiger partial charge < -0.3 is 23.7 Å². The summed E-state index contributed by atoms with van der Waals surface area (Å²) in [4.78, 5) is 36.7. The van der Waals surface area contributed by atoms with E-state index >= 15 is 0 Å². The SMILES string of the molecule is C=C(C)[C@@H]1CC[C@]2(COC3CCCCO3)CC[C@]3(C)[C@H](CC[C@@H]4[C@@]5(C)CC[C@H](OC(=O)/C=C/c6ccc(OC(C)=O)c(OC(C)=O)c6)C(C)(C)[C@@H]5CC[C@]43C)[C@@H]12. The molecule has 5 aliphatic carbocycles. The number of hydrogen-bond acceptors (Lipinski definition) is 8. The third-order valence-corrected chi connectivity index (χ3v) is 17.0. The molecule has 11 atom stereocenters. The van der Waals surface area contributed by atoms with Gasteiger partial charge in [-0.05, 0) is 165 Å². The summed E-state index contributed by atoms with van der Waals surface area (Å²) in [5.41, 5.74) is 2.68. The second-order valence-electron chi connectivity index (χ2n) is 20.2. The van der Waals surface area contributed by atoms with Crippen LogP contribution in [0.3, 0.4) is 0 Å². The molecule has 1 saturated heterocycles. The minimum atomic E-state index is -0.535. The maximum absolute atomic E-state index is 13.4. The van der Waals surface area contributed by atoms with Crippen molar-refractivity contribution < 1.29 is 38.1 Å². The van der Waals surface area contributed by atoms with Crippen LogP contribution < -0.4 is 9.47 Å². The molecule has 8 heteroatoms. The predicted molar refractivity (Wildman–Crippen MR) is 216 cm³/mol. The Labute approximate surface area is 335 Å². The van der Waals surface area contributed by atoms with Crippen molar-refractivity contribution in [2.24, 2.45) is 56.7 Å². The molecular formula is C48H68O8. The van der Waals surface area contributed by atoms with Crippen LogP contribution in [0.15, 0.2) is 36.4 Å². The highest BCUT2D eigenvalue weighted by molar-refractivity contribution is 5.87. The highest BCUT2D eigenvalue weighted by Crippen LogP contribution is 2.77. The maximum atomic E-state index is 13.4. The minimum Gasteiger partial charge on any atom is -0.459 e. The summed E-state index contributed by atoms with van der Waals surface area (Å²) in [7, 11) is 0. The quantitative estimate of drug-likeness (QED) is 0.106. The van der Waals surface area contributed by atoms with E-state index in [1.54, 1.807) is 24.3 Å². The van der Waals surface area contributed by atoms with E-state index in [4.69, 9.17) is 23.7 Å². The van der Waals surface area contributed by atoms with Crippen LogP contribution in [0.2, 0.25) is 0 Å². The zero-order valence-electron chi connectivity index (χ0n) is 35.5. The highest BCUT2D eigenvalue weighted by Gasteiger charge is 2.71. The van der Waals surface area contributed by atoms with E-state index < -0.39 is 11.9 Å². The number of benzene rings is 1. The number of allylic oxidation sites excluding steroid dienone is 1. The van der Waals surface area contributed by atoms with Gasteiger partial charge in [-0.2, -0.15) is 0 Å². The van der Waals surface area contributed by atoms with E-state index in [0.29, 0.717) is 35.2 Å². The predicted octanol–water partition coefficient (Wildman–Crippen LogP) is 10.7. The molecule has 1 aromatic rings. The van der Waals surface area contributed by atoms with E-state index in [9.17, 15) is 14.4 Å². The van der Waals surface area contributed by atoms with Crippen LogP contribution >= 0.6 is 0 Å². The van der Waals surface area contributed by atoms with Crippen molar-refractivity contribution >= 4 is 24.0 Å². The molecule has 0 radical (unpaired) electrons. The molecule has 7 rings (SSSR count). The second kappa shape index (κ2) is 15.3. The summed E-state index contributed by atoms with van der Waals surface area (Å²) < 4.78 is 29.5. The zero-order chi connectivity index (χ0) is 40.3. The first-order chi connectivity index (χ1) is 26.4. The number of carbonyl (C=O) groups is 3. The summed E-state index contributed by atoms with van der Waals surface area (Å²) in [5.74, 6) is 1.74. The first kappa shape index (κ1) is 41.2. The standard InChI is InChI=1S/C48H68O8/c1-30(2)34-19-24-48(29-53-42-12-10-11-27-52-42)26-25-46(8)35(43(34)48)15-17-39-45(7)22-21-40(44(5,6)38(45)20-23-47(39,46)9)56-41(51)18-14-33-13-16-36(54-31(3)49)37(28-33)55-32(4)50/h13-14,16,18,28,34-35,38-40,42-43H,1,10-12,15,17,19-27,29H2,2-9H3/b18-14+/t34-,35+,38-,39+,40-,42?,43+,45-,46+,47+,48+/m0/s1. The molecule has 1 heterocycles. The largest absolute Gasteiger partial charge is 0.459 e. The maximum Gasteiger partial charge on any atom is 0.331 e. The number of esters is 3. The van der Waals surface area contributed by atoms with Gasteiger partial charge in [0.15, 0.2) is 17.8 Å². The van der Waals surface area contributed by atoms with Gasteiger partial charge >= 0.3 is 17.9 Å². The first-order valence-electron chi connectivity index (χ1n) is 21.7. The van der Waals surface area contributed by atoms with Crippen molar-refractivity contribution in [1.82, 2.24) is 0 Å². The van der Waals surface area contributed by atoms with Gasteiger partial charge in [0, 0.05) is 31.9 Å². The molecule has 5 saturated carbocycles. The Morgan fingerprint density at radius 2 is 1.55 bits per heavy atom. The Kier molecular flexibility index (Phi) is 11.3. The minimum absolute atomic E-state index is 0.0394. The lowest BCUT2D eigenvalue weighted by atomic mass is 9.32. The molecule has 1 unspecified atom stereocenters. The van der Waals surface area contributed by atoms with E-state index in [-0.39, 0.29) is 56.9 Å². The number of carbonyl (C=O) groups excluding carboxylic acids is 3. The third-order valence-electron chi connectivity index (χ3n) is 17.0. The zero-order valence-corrected chi connectivity index (χ0v) is 35.5. The van der Waals surface area contributed by atoms with E-state index in [0.717, 1.165) is 45.3 Å². The van der Waals surface area contributed by atoms with Gasteiger partial charge in [0.1, 0.15) is 6.10 Å². The van der Waals surface area contributed by atoms with Gasteiger partial charge in [-0.25, -0.2) is 4.79 Å². The lowest BCUT2D eigenvalue weighted by Crippen LogP contribution is -2.67. The molecule has 0 aromatic heterocycles. The highest BCUT2D eigenvalue weighted by atomic mass is 16.7.